The number of methoxy groups -OCH3 is 2. The van der Waals surface area contributed by atoms with Crippen LogP contribution in [0.1, 0.15) is 23.8 Å². The Hall–Kier alpha value is -3.06. The van der Waals surface area contributed by atoms with Gasteiger partial charge in [-0.2, -0.15) is 0 Å². The fourth-order valence-corrected chi connectivity index (χ4v) is 3.34. The van der Waals surface area contributed by atoms with E-state index in [9.17, 15) is 4.79 Å². The van der Waals surface area contributed by atoms with Crippen LogP contribution in [0.3, 0.4) is 0 Å². The molecule has 0 unspecified atom stereocenters. The van der Waals surface area contributed by atoms with Gasteiger partial charge in [0, 0.05) is 22.7 Å². The molecule has 0 atom stereocenters. The van der Waals surface area contributed by atoms with Gasteiger partial charge in [0.2, 0.25) is 0 Å². The summed E-state index contributed by atoms with van der Waals surface area (Å²) in [7, 11) is 3.19. The molecule has 0 aliphatic carbocycles. The number of anilines is 1. The van der Waals surface area contributed by atoms with Crippen molar-refractivity contribution in [2.24, 2.45) is 0 Å². The third kappa shape index (κ3) is 4.61. The lowest BCUT2D eigenvalue weighted by molar-refractivity contribution is 0.102. The first-order valence-corrected chi connectivity index (χ1v) is 9.74. The van der Waals surface area contributed by atoms with E-state index in [4.69, 9.17) is 14.2 Å². The Morgan fingerprint density at radius 1 is 1.11 bits per heavy atom. The lowest BCUT2D eigenvalue weighted by atomic mass is 10.2. The van der Waals surface area contributed by atoms with Crippen molar-refractivity contribution in [1.29, 1.82) is 0 Å². The first-order chi connectivity index (χ1) is 13.6. The van der Waals surface area contributed by atoms with Gasteiger partial charge in [0.05, 0.1) is 20.8 Å². The van der Waals surface area contributed by atoms with Gasteiger partial charge in [-0.3, -0.25) is 4.79 Å². The van der Waals surface area contributed by atoms with Crippen molar-refractivity contribution >= 4 is 22.9 Å². The largest absolute Gasteiger partial charge is 0.497 e. The van der Waals surface area contributed by atoms with Crippen molar-refractivity contribution in [2.75, 3.05) is 26.1 Å². The summed E-state index contributed by atoms with van der Waals surface area (Å²) in [4.78, 5) is 17.0. The molecule has 3 rings (SSSR count). The number of ether oxygens (including phenoxy) is 3. The maximum Gasteiger partial charge on any atom is 0.275 e. The predicted octanol–water partition coefficient (Wildman–Crippen LogP) is 4.87. The zero-order valence-electron chi connectivity index (χ0n) is 16.0. The Bertz CT molecular complexity index is 955. The van der Waals surface area contributed by atoms with Gasteiger partial charge >= 0.3 is 0 Å². The molecule has 1 heterocycles. The fraction of sp³-hybridized carbons (Fsp3) is 0.238. The standard InChI is InChI=1S/C21H22N2O4S/c1-4-10-27-18-9-8-14(11-19(18)26-3)21-23-17(13-28-21)20(24)22-15-6-5-7-16(12-15)25-2/h5-9,11-13H,4,10H2,1-3H3,(H,22,24). The van der Waals surface area contributed by atoms with Gasteiger partial charge in [-0.1, -0.05) is 13.0 Å². The van der Waals surface area contributed by atoms with Crippen LogP contribution in [0.5, 0.6) is 17.2 Å². The number of nitrogens with one attached hydrogen (secondary N) is 1. The second-order valence-corrected chi connectivity index (χ2v) is 6.80. The van der Waals surface area contributed by atoms with E-state index >= 15 is 0 Å². The highest BCUT2D eigenvalue weighted by atomic mass is 32.1. The van der Waals surface area contributed by atoms with Crippen molar-refractivity contribution in [3.8, 4) is 27.8 Å². The van der Waals surface area contributed by atoms with Gasteiger partial charge in [-0.05, 0) is 36.8 Å². The average molecular weight is 398 g/mol. The van der Waals surface area contributed by atoms with Crippen LogP contribution >= 0.6 is 11.3 Å². The normalized spacial score (nSPS) is 10.4. The summed E-state index contributed by atoms with van der Waals surface area (Å²) >= 11 is 1.40. The zero-order valence-corrected chi connectivity index (χ0v) is 16.8. The van der Waals surface area contributed by atoms with Crippen LogP contribution in [0.4, 0.5) is 5.69 Å². The Labute approximate surface area is 168 Å². The van der Waals surface area contributed by atoms with Crippen LogP contribution in [0.15, 0.2) is 47.8 Å². The van der Waals surface area contributed by atoms with Gasteiger partial charge in [-0.25, -0.2) is 4.98 Å². The Kier molecular flexibility index (Phi) is 6.49. The molecule has 3 aromatic rings. The molecule has 0 saturated carbocycles. The molecule has 0 aliphatic heterocycles. The summed E-state index contributed by atoms with van der Waals surface area (Å²) in [6.07, 6.45) is 0.920. The molecule has 7 heteroatoms. The van der Waals surface area contributed by atoms with Crippen molar-refractivity contribution < 1.29 is 19.0 Å². The number of carbonyl (C=O) groups is 1. The van der Waals surface area contributed by atoms with Crippen LogP contribution in [0.25, 0.3) is 10.6 Å². The van der Waals surface area contributed by atoms with E-state index in [0.29, 0.717) is 35.2 Å². The van der Waals surface area contributed by atoms with Crippen molar-refractivity contribution in [1.82, 2.24) is 4.98 Å². The molecule has 0 bridgehead atoms. The number of benzene rings is 2. The summed E-state index contributed by atoms with van der Waals surface area (Å²) in [5, 5.41) is 5.30. The Balaban J connectivity index is 1.76. The van der Waals surface area contributed by atoms with E-state index < -0.39 is 0 Å². The van der Waals surface area contributed by atoms with Crippen LogP contribution in [-0.2, 0) is 0 Å². The van der Waals surface area contributed by atoms with E-state index in [1.807, 2.05) is 30.3 Å². The molecule has 28 heavy (non-hydrogen) atoms. The smallest absolute Gasteiger partial charge is 0.275 e. The highest BCUT2D eigenvalue weighted by Gasteiger charge is 2.14. The topological polar surface area (TPSA) is 69.7 Å². The van der Waals surface area contributed by atoms with Crippen molar-refractivity contribution in [3.63, 3.8) is 0 Å². The van der Waals surface area contributed by atoms with Gasteiger partial charge in [-0.15, -0.1) is 11.3 Å². The molecule has 0 fully saturated rings. The molecule has 0 aliphatic rings. The third-order valence-electron chi connectivity index (χ3n) is 3.94. The van der Waals surface area contributed by atoms with Crippen LogP contribution in [-0.4, -0.2) is 31.7 Å². The summed E-state index contributed by atoms with van der Waals surface area (Å²) in [6, 6.07) is 12.8. The third-order valence-corrected chi connectivity index (χ3v) is 4.83. The zero-order chi connectivity index (χ0) is 19.9. The number of nitrogens with zero attached hydrogens (tertiary/aromatic N) is 1. The SMILES string of the molecule is CCCOc1ccc(-c2nc(C(=O)Nc3cccc(OC)c3)cs2)cc1OC. The maximum atomic E-state index is 12.5. The van der Waals surface area contributed by atoms with E-state index in [2.05, 4.69) is 17.2 Å². The average Bonchev–Trinajstić information content (AvgIpc) is 3.22. The highest BCUT2D eigenvalue weighted by Crippen LogP contribution is 2.34. The number of thiazole rings is 1. The number of hydrogen-bond acceptors (Lipinski definition) is 6. The molecule has 1 amide bonds. The molecule has 0 saturated heterocycles. The minimum absolute atomic E-state index is 0.273. The summed E-state index contributed by atoms with van der Waals surface area (Å²) in [6.45, 7) is 2.68. The number of amides is 1. The van der Waals surface area contributed by atoms with E-state index in [-0.39, 0.29) is 5.91 Å². The van der Waals surface area contributed by atoms with Crippen LogP contribution in [0, 0.1) is 0 Å². The van der Waals surface area contributed by atoms with E-state index in [0.717, 1.165) is 17.0 Å². The molecule has 0 spiro atoms. The minimum Gasteiger partial charge on any atom is -0.497 e. The second kappa shape index (κ2) is 9.23. The first-order valence-electron chi connectivity index (χ1n) is 8.86. The fourth-order valence-electron chi connectivity index (χ4n) is 2.54. The number of aromatic nitrogens is 1. The second-order valence-electron chi connectivity index (χ2n) is 5.94. The number of carbonyl (C=O) groups excluding carboxylic acids is 1. The molecular weight excluding hydrogens is 376 g/mol. The summed E-state index contributed by atoms with van der Waals surface area (Å²) in [5.74, 6) is 1.74. The highest BCUT2D eigenvalue weighted by molar-refractivity contribution is 7.13. The number of hydrogen-bond donors (Lipinski definition) is 1. The maximum absolute atomic E-state index is 12.5. The van der Waals surface area contributed by atoms with Crippen molar-refractivity contribution in [2.45, 2.75) is 13.3 Å². The lowest BCUT2D eigenvalue weighted by Crippen LogP contribution is -2.12. The number of rotatable bonds is 8. The molecule has 1 N–H and O–H groups in total. The van der Waals surface area contributed by atoms with Gasteiger partial charge in [0.25, 0.3) is 5.91 Å². The first kappa shape index (κ1) is 19.7. The minimum atomic E-state index is -0.273. The Morgan fingerprint density at radius 3 is 2.71 bits per heavy atom. The molecule has 1 aromatic heterocycles. The van der Waals surface area contributed by atoms with Crippen LogP contribution in [0.2, 0.25) is 0 Å². The van der Waals surface area contributed by atoms with Crippen molar-refractivity contribution in [3.05, 3.63) is 53.5 Å². The molecule has 2 aromatic carbocycles. The molecular formula is C21H22N2O4S. The molecule has 0 radical (unpaired) electrons. The predicted molar refractivity (Wildman–Crippen MR) is 111 cm³/mol. The van der Waals surface area contributed by atoms with E-state index in [1.54, 1.807) is 31.7 Å². The van der Waals surface area contributed by atoms with E-state index in [1.165, 1.54) is 11.3 Å². The molecule has 6 nitrogen and oxygen atoms in total. The van der Waals surface area contributed by atoms with Crippen LogP contribution < -0.4 is 19.5 Å². The van der Waals surface area contributed by atoms with Gasteiger partial charge < -0.3 is 19.5 Å². The van der Waals surface area contributed by atoms with Gasteiger partial charge in [0.15, 0.2) is 11.5 Å². The quantitative estimate of drug-likeness (QED) is 0.586. The summed E-state index contributed by atoms with van der Waals surface area (Å²) in [5.41, 5.74) is 1.87. The van der Waals surface area contributed by atoms with Gasteiger partial charge in [0.1, 0.15) is 16.5 Å². The summed E-state index contributed by atoms with van der Waals surface area (Å²) < 4.78 is 16.3. The monoisotopic (exact) mass is 398 g/mol. The molecule has 146 valence electrons. The lowest BCUT2D eigenvalue weighted by Gasteiger charge is -2.10. The Morgan fingerprint density at radius 2 is 1.96 bits per heavy atom.